The molecule has 4 rings (SSSR count). The van der Waals surface area contributed by atoms with Gasteiger partial charge in [-0.1, -0.05) is 7.43 Å². The number of nitrogens with one attached hydrogen (secondary N) is 1. The molecule has 1 saturated carbocycles. The van der Waals surface area contributed by atoms with E-state index in [4.69, 9.17) is 9.47 Å². The molecule has 0 amide bonds. The minimum atomic E-state index is 0. The fraction of sp³-hybridized carbons (Fsp3) is 0.700. The van der Waals surface area contributed by atoms with Crippen LogP contribution in [-0.2, 0) is 17.6 Å². The SMILES string of the molecule is C.COCC1(CN2CCOc3cc4c(c(C)c32)CCNCC4)CC1. The Labute approximate surface area is 146 Å². The summed E-state index contributed by atoms with van der Waals surface area (Å²) in [6.45, 7) is 8.24. The minimum Gasteiger partial charge on any atom is -0.490 e. The summed E-state index contributed by atoms with van der Waals surface area (Å²) in [6, 6.07) is 2.31. The Kier molecular flexibility index (Phi) is 5.07. The van der Waals surface area contributed by atoms with Gasteiger partial charge in [0.05, 0.1) is 18.8 Å². The maximum Gasteiger partial charge on any atom is 0.143 e. The van der Waals surface area contributed by atoms with E-state index in [2.05, 4.69) is 23.2 Å². The number of hydrogen-bond acceptors (Lipinski definition) is 4. The van der Waals surface area contributed by atoms with Crippen molar-refractivity contribution in [3.8, 4) is 5.75 Å². The van der Waals surface area contributed by atoms with Crippen LogP contribution >= 0.6 is 0 Å². The predicted octanol–water partition coefficient (Wildman–Crippen LogP) is 2.94. The van der Waals surface area contributed by atoms with Crippen LogP contribution in [0.5, 0.6) is 5.75 Å². The lowest BCUT2D eigenvalue weighted by atomic mass is 9.94. The van der Waals surface area contributed by atoms with Crippen molar-refractivity contribution in [3.63, 3.8) is 0 Å². The molecule has 0 atom stereocenters. The van der Waals surface area contributed by atoms with Crippen molar-refractivity contribution < 1.29 is 9.47 Å². The first-order chi connectivity index (χ1) is 11.2. The number of ether oxygens (including phenoxy) is 2. The van der Waals surface area contributed by atoms with Gasteiger partial charge in [-0.05, 0) is 68.5 Å². The molecule has 0 aromatic heterocycles. The fourth-order valence-electron chi connectivity index (χ4n) is 4.29. The van der Waals surface area contributed by atoms with Crippen molar-refractivity contribution in [1.82, 2.24) is 5.32 Å². The molecule has 24 heavy (non-hydrogen) atoms. The lowest BCUT2D eigenvalue weighted by Crippen LogP contribution is -2.39. The van der Waals surface area contributed by atoms with Gasteiger partial charge in [-0.25, -0.2) is 0 Å². The average molecular weight is 332 g/mol. The van der Waals surface area contributed by atoms with E-state index in [1.165, 1.54) is 29.7 Å². The molecule has 1 aliphatic carbocycles. The summed E-state index contributed by atoms with van der Waals surface area (Å²) in [5.74, 6) is 1.10. The Bertz CT molecular complexity index is 596. The zero-order valence-electron chi connectivity index (χ0n) is 14.4. The van der Waals surface area contributed by atoms with Gasteiger partial charge < -0.3 is 19.7 Å². The molecule has 0 saturated heterocycles. The zero-order valence-corrected chi connectivity index (χ0v) is 14.4. The van der Waals surface area contributed by atoms with Crippen LogP contribution < -0.4 is 15.0 Å². The minimum absolute atomic E-state index is 0. The van der Waals surface area contributed by atoms with E-state index in [-0.39, 0.29) is 7.43 Å². The topological polar surface area (TPSA) is 33.7 Å². The molecule has 1 aromatic carbocycles. The normalized spacial score (nSPS) is 21.0. The molecule has 1 aromatic rings. The summed E-state index contributed by atoms with van der Waals surface area (Å²) in [4.78, 5) is 2.57. The third-order valence-corrected chi connectivity index (χ3v) is 5.73. The highest BCUT2D eigenvalue weighted by atomic mass is 16.5. The van der Waals surface area contributed by atoms with Crippen LogP contribution in [-0.4, -0.2) is 46.5 Å². The smallest absolute Gasteiger partial charge is 0.143 e. The predicted molar refractivity (Wildman–Crippen MR) is 99.4 cm³/mol. The first-order valence-electron chi connectivity index (χ1n) is 8.95. The van der Waals surface area contributed by atoms with Gasteiger partial charge in [-0.2, -0.15) is 0 Å². The molecule has 1 fully saturated rings. The lowest BCUT2D eigenvalue weighted by molar-refractivity contribution is 0.142. The van der Waals surface area contributed by atoms with Gasteiger partial charge in [-0.3, -0.25) is 0 Å². The first-order valence-corrected chi connectivity index (χ1v) is 8.95. The summed E-state index contributed by atoms with van der Waals surface area (Å²) < 4.78 is 11.5. The average Bonchev–Trinajstić information content (AvgIpc) is 3.32. The highest BCUT2D eigenvalue weighted by molar-refractivity contribution is 5.69. The van der Waals surface area contributed by atoms with E-state index in [9.17, 15) is 0 Å². The van der Waals surface area contributed by atoms with Gasteiger partial charge in [0.25, 0.3) is 0 Å². The first kappa shape index (κ1) is 17.6. The molecule has 4 heteroatoms. The lowest BCUT2D eigenvalue weighted by Gasteiger charge is -2.36. The molecule has 0 radical (unpaired) electrons. The second-order valence-electron chi connectivity index (χ2n) is 7.44. The summed E-state index contributed by atoms with van der Waals surface area (Å²) in [7, 11) is 1.82. The van der Waals surface area contributed by atoms with E-state index in [1.54, 1.807) is 5.56 Å². The zero-order chi connectivity index (χ0) is 15.9. The molecular weight excluding hydrogens is 300 g/mol. The van der Waals surface area contributed by atoms with E-state index in [1.807, 2.05) is 7.11 Å². The summed E-state index contributed by atoms with van der Waals surface area (Å²) in [5.41, 5.74) is 6.19. The Morgan fingerprint density at radius 1 is 1.29 bits per heavy atom. The van der Waals surface area contributed by atoms with E-state index in [0.29, 0.717) is 5.41 Å². The number of methoxy groups -OCH3 is 1. The van der Waals surface area contributed by atoms with Crippen LogP contribution in [0.1, 0.15) is 37.0 Å². The van der Waals surface area contributed by atoms with Gasteiger partial charge in [0.2, 0.25) is 0 Å². The standard InChI is InChI=1S/C19H28N2O2.CH4/c1-14-16-4-8-20-7-3-15(16)11-17-18(14)21(9-10-23-17)12-19(5-6-19)13-22-2;/h11,20H,3-10,12-13H2,1-2H3;1H4. The highest BCUT2D eigenvalue weighted by Crippen LogP contribution is 2.49. The fourth-order valence-corrected chi connectivity index (χ4v) is 4.29. The quantitative estimate of drug-likeness (QED) is 0.919. The van der Waals surface area contributed by atoms with Crippen molar-refractivity contribution in [2.24, 2.45) is 5.41 Å². The largest absolute Gasteiger partial charge is 0.490 e. The van der Waals surface area contributed by atoms with Crippen molar-refractivity contribution in [2.75, 3.05) is 51.4 Å². The highest BCUT2D eigenvalue weighted by Gasteiger charge is 2.45. The molecule has 0 spiro atoms. The summed E-state index contributed by atoms with van der Waals surface area (Å²) >= 11 is 0. The Hall–Kier alpha value is -1.26. The van der Waals surface area contributed by atoms with Crippen LogP contribution in [0.15, 0.2) is 6.07 Å². The third-order valence-electron chi connectivity index (χ3n) is 5.73. The molecule has 1 N–H and O–H groups in total. The van der Waals surface area contributed by atoms with Crippen LogP contribution in [0.3, 0.4) is 0 Å². The Morgan fingerprint density at radius 3 is 2.83 bits per heavy atom. The van der Waals surface area contributed by atoms with Gasteiger partial charge in [-0.15, -0.1) is 0 Å². The number of nitrogens with zero attached hydrogens (tertiary/aromatic N) is 1. The van der Waals surface area contributed by atoms with Gasteiger partial charge in [0, 0.05) is 19.1 Å². The summed E-state index contributed by atoms with van der Waals surface area (Å²) in [5, 5.41) is 3.52. The van der Waals surface area contributed by atoms with Crippen molar-refractivity contribution in [1.29, 1.82) is 0 Å². The van der Waals surface area contributed by atoms with E-state index < -0.39 is 0 Å². The molecule has 134 valence electrons. The second kappa shape index (κ2) is 6.93. The second-order valence-corrected chi connectivity index (χ2v) is 7.44. The molecule has 0 bridgehead atoms. The number of benzene rings is 1. The van der Waals surface area contributed by atoms with Crippen LogP contribution in [0.25, 0.3) is 0 Å². The Morgan fingerprint density at radius 2 is 2.08 bits per heavy atom. The summed E-state index contributed by atoms with van der Waals surface area (Å²) in [6.07, 6.45) is 4.83. The molecule has 2 heterocycles. The van der Waals surface area contributed by atoms with Crippen LogP contribution in [0.2, 0.25) is 0 Å². The van der Waals surface area contributed by atoms with Crippen LogP contribution in [0.4, 0.5) is 5.69 Å². The maximum absolute atomic E-state index is 6.04. The van der Waals surface area contributed by atoms with Crippen LogP contribution in [0, 0.1) is 12.3 Å². The molecular formula is C20H32N2O2. The molecule has 4 nitrogen and oxygen atoms in total. The third kappa shape index (κ3) is 3.14. The molecule has 2 aliphatic heterocycles. The van der Waals surface area contributed by atoms with Gasteiger partial charge in [0.15, 0.2) is 0 Å². The van der Waals surface area contributed by atoms with E-state index in [0.717, 1.165) is 58.0 Å². The van der Waals surface area contributed by atoms with Crippen molar-refractivity contribution >= 4 is 5.69 Å². The van der Waals surface area contributed by atoms with Crippen molar-refractivity contribution in [3.05, 3.63) is 22.8 Å². The maximum atomic E-state index is 6.04. The molecule has 0 unspecified atom stereocenters. The number of anilines is 1. The molecule has 3 aliphatic rings. The monoisotopic (exact) mass is 332 g/mol. The number of rotatable bonds is 4. The van der Waals surface area contributed by atoms with Gasteiger partial charge >= 0.3 is 0 Å². The Balaban J connectivity index is 0.00000169. The van der Waals surface area contributed by atoms with Crippen molar-refractivity contribution in [2.45, 2.75) is 40.0 Å². The van der Waals surface area contributed by atoms with Gasteiger partial charge in [0.1, 0.15) is 12.4 Å². The number of hydrogen-bond donors (Lipinski definition) is 1. The van der Waals surface area contributed by atoms with E-state index >= 15 is 0 Å². The number of fused-ring (bicyclic) bond motifs is 2.